The zero-order valence-corrected chi connectivity index (χ0v) is 15.8. The monoisotopic (exact) mass is 384 g/mol. The Kier molecular flexibility index (Phi) is 5.91. The number of hydrazone groups is 1. The number of aliphatic carboxylic acids is 1. The number of carboxylic acids is 1. The van der Waals surface area contributed by atoms with Crippen LogP contribution in [-0.4, -0.2) is 27.7 Å². The standard InChI is InChI=1S/C21H21ClN2O3/c1-14-9-11-15(12-10-14)18-13-19(16-5-2-3-6-17(16)22)24(23-18)20(25)7-4-8-21(26)27/h2-3,5-6,9-12,19H,4,7-8,13H2,1H3,(H,26,27)/t19-/m0/s1. The molecule has 2 aromatic rings. The van der Waals surface area contributed by atoms with E-state index in [1.807, 2.05) is 49.4 Å². The van der Waals surface area contributed by atoms with Crippen LogP contribution in [0.2, 0.25) is 5.02 Å². The van der Waals surface area contributed by atoms with Gasteiger partial charge >= 0.3 is 5.97 Å². The first-order valence-electron chi connectivity index (χ1n) is 8.88. The highest BCUT2D eigenvalue weighted by Gasteiger charge is 2.33. The molecule has 0 spiro atoms. The maximum absolute atomic E-state index is 12.7. The average Bonchev–Trinajstić information content (AvgIpc) is 3.07. The van der Waals surface area contributed by atoms with Gasteiger partial charge in [-0.25, -0.2) is 5.01 Å². The molecule has 5 nitrogen and oxygen atoms in total. The molecular formula is C21H21ClN2O3. The molecule has 1 aliphatic rings. The van der Waals surface area contributed by atoms with E-state index in [0.717, 1.165) is 22.4 Å². The van der Waals surface area contributed by atoms with Crippen molar-refractivity contribution in [1.29, 1.82) is 0 Å². The molecule has 1 atom stereocenters. The molecule has 0 saturated heterocycles. The van der Waals surface area contributed by atoms with Crippen molar-refractivity contribution in [2.75, 3.05) is 0 Å². The molecule has 3 rings (SSSR count). The van der Waals surface area contributed by atoms with Crippen LogP contribution in [0.25, 0.3) is 0 Å². The summed E-state index contributed by atoms with van der Waals surface area (Å²) < 4.78 is 0. The van der Waals surface area contributed by atoms with Gasteiger partial charge in [-0.05, 0) is 30.5 Å². The molecule has 0 saturated carbocycles. The Hall–Kier alpha value is -2.66. The molecule has 0 radical (unpaired) electrons. The number of rotatable bonds is 6. The van der Waals surface area contributed by atoms with Crippen molar-refractivity contribution in [1.82, 2.24) is 5.01 Å². The summed E-state index contributed by atoms with van der Waals surface area (Å²) >= 11 is 6.37. The maximum Gasteiger partial charge on any atom is 0.303 e. The van der Waals surface area contributed by atoms with Crippen LogP contribution >= 0.6 is 11.6 Å². The van der Waals surface area contributed by atoms with E-state index in [1.165, 1.54) is 5.01 Å². The lowest BCUT2D eigenvalue weighted by Gasteiger charge is -2.22. The number of halogens is 1. The first kappa shape index (κ1) is 19.1. The van der Waals surface area contributed by atoms with Gasteiger partial charge < -0.3 is 5.11 Å². The third kappa shape index (κ3) is 4.55. The second-order valence-electron chi connectivity index (χ2n) is 6.64. The summed E-state index contributed by atoms with van der Waals surface area (Å²) in [7, 11) is 0. The average molecular weight is 385 g/mol. The van der Waals surface area contributed by atoms with E-state index < -0.39 is 5.97 Å². The number of hydrogen-bond donors (Lipinski definition) is 1. The predicted octanol–water partition coefficient (Wildman–Crippen LogP) is 4.58. The quantitative estimate of drug-likeness (QED) is 0.792. The Balaban J connectivity index is 1.87. The van der Waals surface area contributed by atoms with Crippen molar-refractivity contribution in [2.45, 2.75) is 38.6 Å². The maximum atomic E-state index is 12.7. The number of nitrogens with zero attached hydrogens (tertiary/aromatic N) is 2. The second kappa shape index (κ2) is 8.35. The summed E-state index contributed by atoms with van der Waals surface area (Å²) in [5.74, 6) is -1.10. The molecule has 0 unspecified atom stereocenters. The van der Waals surface area contributed by atoms with Gasteiger partial charge in [-0.2, -0.15) is 5.10 Å². The number of amides is 1. The lowest BCUT2D eigenvalue weighted by atomic mass is 9.97. The van der Waals surface area contributed by atoms with Gasteiger partial charge in [-0.3, -0.25) is 9.59 Å². The molecule has 0 fully saturated rings. The van der Waals surface area contributed by atoms with Gasteiger partial charge in [-0.1, -0.05) is 59.6 Å². The van der Waals surface area contributed by atoms with E-state index in [2.05, 4.69) is 5.10 Å². The lowest BCUT2D eigenvalue weighted by Crippen LogP contribution is -2.27. The molecule has 1 N–H and O–H groups in total. The molecular weight excluding hydrogens is 364 g/mol. The largest absolute Gasteiger partial charge is 0.481 e. The zero-order valence-electron chi connectivity index (χ0n) is 15.1. The summed E-state index contributed by atoms with van der Waals surface area (Å²) in [5, 5.41) is 15.4. The summed E-state index contributed by atoms with van der Waals surface area (Å²) in [6.07, 6.45) is 0.954. The van der Waals surface area contributed by atoms with Gasteiger partial charge in [0.05, 0.1) is 11.8 Å². The normalized spacial score (nSPS) is 16.3. The third-order valence-corrected chi connectivity index (χ3v) is 4.94. The lowest BCUT2D eigenvalue weighted by molar-refractivity contribution is -0.137. The van der Waals surface area contributed by atoms with Crippen molar-refractivity contribution in [3.05, 3.63) is 70.2 Å². The molecule has 1 heterocycles. The van der Waals surface area contributed by atoms with Crippen LogP contribution in [0.1, 0.15) is 48.4 Å². The molecule has 140 valence electrons. The highest BCUT2D eigenvalue weighted by atomic mass is 35.5. The topological polar surface area (TPSA) is 70.0 Å². The highest BCUT2D eigenvalue weighted by Crippen LogP contribution is 2.36. The molecule has 0 bridgehead atoms. The van der Waals surface area contributed by atoms with Crippen molar-refractivity contribution in [3.63, 3.8) is 0 Å². The Bertz CT molecular complexity index is 877. The van der Waals surface area contributed by atoms with Crippen LogP contribution < -0.4 is 0 Å². The van der Waals surface area contributed by atoms with Crippen LogP contribution in [0.15, 0.2) is 53.6 Å². The number of aryl methyl sites for hydroxylation is 1. The van der Waals surface area contributed by atoms with Crippen molar-refractivity contribution >= 4 is 29.2 Å². The molecule has 27 heavy (non-hydrogen) atoms. The Morgan fingerprint density at radius 3 is 2.52 bits per heavy atom. The Morgan fingerprint density at radius 2 is 1.85 bits per heavy atom. The highest BCUT2D eigenvalue weighted by molar-refractivity contribution is 6.31. The van der Waals surface area contributed by atoms with Crippen molar-refractivity contribution in [3.8, 4) is 0 Å². The summed E-state index contributed by atoms with van der Waals surface area (Å²) in [6.45, 7) is 2.02. The fraction of sp³-hybridized carbons (Fsp3) is 0.286. The minimum Gasteiger partial charge on any atom is -0.481 e. The summed E-state index contributed by atoms with van der Waals surface area (Å²) in [4.78, 5) is 23.5. The van der Waals surface area contributed by atoms with Gasteiger partial charge in [0, 0.05) is 24.3 Å². The van der Waals surface area contributed by atoms with E-state index in [-0.39, 0.29) is 31.2 Å². The van der Waals surface area contributed by atoms with Crippen molar-refractivity contribution in [2.24, 2.45) is 5.10 Å². The van der Waals surface area contributed by atoms with Crippen LogP contribution in [0.3, 0.4) is 0 Å². The van der Waals surface area contributed by atoms with Gasteiger partial charge in [0.25, 0.3) is 0 Å². The zero-order chi connectivity index (χ0) is 19.4. The summed E-state index contributed by atoms with van der Waals surface area (Å²) in [5.41, 5.74) is 3.79. The predicted molar refractivity (Wildman–Crippen MR) is 105 cm³/mol. The van der Waals surface area contributed by atoms with Gasteiger partial charge in [-0.15, -0.1) is 0 Å². The molecule has 6 heteroatoms. The van der Waals surface area contributed by atoms with Gasteiger partial charge in [0.15, 0.2) is 0 Å². The van der Waals surface area contributed by atoms with Crippen LogP contribution in [0, 0.1) is 6.92 Å². The third-order valence-electron chi connectivity index (χ3n) is 4.60. The molecule has 1 aliphatic heterocycles. The van der Waals surface area contributed by atoms with E-state index in [9.17, 15) is 9.59 Å². The fourth-order valence-electron chi connectivity index (χ4n) is 3.15. The Labute approximate surface area is 163 Å². The second-order valence-corrected chi connectivity index (χ2v) is 7.05. The number of benzene rings is 2. The minimum absolute atomic E-state index is 0.0368. The fourth-order valence-corrected chi connectivity index (χ4v) is 3.42. The summed E-state index contributed by atoms with van der Waals surface area (Å²) in [6, 6.07) is 15.2. The molecule has 0 aromatic heterocycles. The number of hydrogen-bond acceptors (Lipinski definition) is 3. The van der Waals surface area contributed by atoms with E-state index >= 15 is 0 Å². The van der Waals surface area contributed by atoms with Gasteiger partial charge in [0.2, 0.25) is 5.91 Å². The minimum atomic E-state index is -0.907. The van der Waals surface area contributed by atoms with E-state index in [0.29, 0.717) is 11.4 Å². The molecule has 1 amide bonds. The first-order chi connectivity index (χ1) is 13.0. The van der Waals surface area contributed by atoms with Crippen LogP contribution in [-0.2, 0) is 9.59 Å². The molecule has 0 aliphatic carbocycles. The number of carbonyl (C=O) groups excluding carboxylic acids is 1. The number of carbonyl (C=O) groups is 2. The van der Waals surface area contributed by atoms with E-state index in [1.54, 1.807) is 6.07 Å². The van der Waals surface area contributed by atoms with Crippen LogP contribution in [0.4, 0.5) is 0 Å². The number of carboxylic acid groups (broad SMARTS) is 1. The van der Waals surface area contributed by atoms with Crippen LogP contribution in [0.5, 0.6) is 0 Å². The van der Waals surface area contributed by atoms with E-state index in [4.69, 9.17) is 16.7 Å². The van der Waals surface area contributed by atoms with Gasteiger partial charge in [0.1, 0.15) is 0 Å². The SMILES string of the molecule is Cc1ccc(C2=NN(C(=O)CCCC(=O)O)[C@H](c3ccccc3Cl)C2)cc1. The first-order valence-corrected chi connectivity index (χ1v) is 9.26. The van der Waals surface area contributed by atoms with Crippen molar-refractivity contribution < 1.29 is 14.7 Å². The molecule has 2 aromatic carbocycles. The Morgan fingerprint density at radius 1 is 1.15 bits per heavy atom. The smallest absolute Gasteiger partial charge is 0.303 e.